The van der Waals surface area contributed by atoms with Crippen LogP contribution in [0.25, 0.3) is 0 Å². The molecule has 5 heteroatoms. The first kappa shape index (κ1) is 15.3. The Morgan fingerprint density at radius 1 is 1.17 bits per heavy atom. The molecule has 0 bridgehead atoms. The van der Waals surface area contributed by atoms with E-state index in [1.165, 1.54) is 5.56 Å². The minimum atomic E-state index is -3.26. The molecular formula is C13H20ClNO2S. The van der Waals surface area contributed by atoms with Gasteiger partial charge in [-0.1, -0.05) is 25.5 Å². The number of alkyl halides is 1. The lowest BCUT2D eigenvalue weighted by Gasteiger charge is -2.08. The Labute approximate surface area is 115 Å². The molecule has 0 aliphatic rings. The van der Waals surface area contributed by atoms with Crippen LogP contribution in [0.4, 0.5) is 5.69 Å². The molecule has 0 amide bonds. The van der Waals surface area contributed by atoms with Crippen LogP contribution >= 0.6 is 11.6 Å². The maximum Gasteiger partial charge on any atom is 0.232 e. The van der Waals surface area contributed by atoms with Crippen LogP contribution in [0.1, 0.15) is 31.7 Å². The molecule has 0 aromatic heterocycles. The molecule has 0 saturated heterocycles. The van der Waals surface area contributed by atoms with Gasteiger partial charge in [-0.15, -0.1) is 11.6 Å². The summed E-state index contributed by atoms with van der Waals surface area (Å²) in [5.41, 5.74) is 1.85. The van der Waals surface area contributed by atoms with E-state index in [9.17, 15) is 8.42 Å². The number of sulfonamides is 1. The molecule has 0 spiro atoms. The average molecular weight is 290 g/mol. The normalized spacial score (nSPS) is 11.4. The highest BCUT2D eigenvalue weighted by atomic mass is 35.5. The lowest BCUT2D eigenvalue weighted by molar-refractivity contribution is 0.600. The van der Waals surface area contributed by atoms with Gasteiger partial charge in [-0.05, 0) is 37.0 Å². The van der Waals surface area contributed by atoms with E-state index in [0.29, 0.717) is 18.0 Å². The molecule has 102 valence electrons. The third-order valence-corrected chi connectivity index (χ3v) is 4.23. The zero-order valence-corrected chi connectivity index (χ0v) is 12.2. The molecule has 0 radical (unpaired) electrons. The van der Waals surface area contributed by atoms with Gasteiger partial charge in [0.1, 0.15) is 0 Å². The van der Waals surface area contributed by atoms with Gasteiger partial charge in [0.25, 0.3) is 0 Å². The predicted octanol–water partition coefficient (Wildman–Crippen LogP) is 3.40. The van der Waals surface area contributed by atoms with E-state index in [1.807, 2.05) is 24.3 Å². The number of anilines is 1. The van der Waals surface area contributed by atoms with Crippen LogP contribution < -0.4 is 4.72 Å². The fraction of sp³-hybridized carbons (Fsp3) is 0.538. The van der Waals surface area contributed by atoms with Gasteiger partial charge in [-0.2, -0.15) is 0 Å². The summed E-state index contributed by atoms with van der Waals surface area (Å²) in [5.74, 6) is 0.422. The number of hydrogen-bond acceptors (Lipinski definition) is 2. The van der Waals surface area contributed by atoms with Crippen molar-refractivity contribution in [3.8, 4) is 0 Å². The Morgan fingerprint density at radius 2 is 1.83 bits per heavy atom. The van der Waals surface area contributed by atoms with E-state index in [1.54, 1.807) is 0 Å². The number of unbranched alkanes of at least 4 members (excludes halogenated alkanes) is 1. The van der Waals surface area contributed by atoms with Gasteiger partial charge in [0.15, 0.2) is 0 Å². The quantitative estimate of drug-likeness (QED) is 0.746. The summed E-state index contributed by atoms with van der Waals surface area (Å²) in [6.45, 7) is 2.15. The molecule has 1 aromatic carbocycles. The monoisotopic (exact) mass is 289 g/mol. The van der Waals surface area contributed by atoms with Gasteiger partial charge in [0.05, 0.1) is 5.75 Å². The summed E-state index contributed by atoms with van der Waals surface area (Å²) < 4.78 is 25.8. The van der Waals surface area contributed by atoms with Crippen LogP contribution in [-0.2, 0) is 16.4 Å². The lowest BCUT2D eigenvalue weighted by atomic mass is 10.1. The smallest absolute Gasteiger partial charge is 0.232 e. The Hall–Kier alpha value is -0.740. The zero-order chi connectivity index (χ0) is 13.4. The molecular weight excluding hydrogens is 270 g/mol. The number of hydrogen-bond donors (Lipinski definition) is 1. The standard InChI is InChI=1S/C13H20ClNO2S/c1-2-3-5-12-6-8-13(9-7-12)15-18(16,17)11-4-10-14/h6-9,15H,2-5,10-11H2,1H3. The highest BCUT2D eigenvalue weighted by Crippen LogP contribution is 2.13. The topological polar surface area (TPSA) is 46.2 Å². The van der Waals surface area contributed by atoms with Crippen molar-refractivity contribution in [3.05, 3.63) is 29.8 Å². The molecule has 1 N–H and O–H groups in total. The molecule has 0 heterocycles. The summed E-state index contributed by atoms with van der Waals surface area (Å²) in [5, 5.41) is 0. The van der Waals surface area contributed by atoms with Crippen LogP contribution in [0.5, 0.6) is 0 Å². The highest BCUT2D eigenvalue weighted by molar-refractivity contribution is 7.92. The largest absolute Gasteiger partial charge is 0.284 e. The van der Waals surface area contributed by atoms with Crippen molar-refractivity contribution in [2.45, 2.75) is 32.6 Å². The third-order valence-electron chi connectivity index (χ3n) is 2.59. The molecule has 0 saturated carbocycles. The fourth-order valence-corrected chi connectivity index (χ4v) is 3.01. The number of nitrogens with one attached hydrogen (secondary N) is 1. The highest BCUT2D eigenvalue weighted by Gasteiger charge is 2.09. The minimum Gasteiger partial charge on any atom is -0.284 e. The van der Waals surface area contributed by atoms with Gasteiger partial charge in [-0.25, -0.2) is 8.42 Å². The Balaban J connectivity index is 2.57. The maximum absolute atomic E-state index is 11.6. The van der Waals surface area contributed by atoms with Crippen LogP contribution in [0.2, 0.25) is 0 Å². The van der Waals surface area contributed by atoms with E-state index in [2.05, 4.69) is 11.6 Å². The van der Waals surface area contributed by atoms with Gasteiger partial charge >= 0.3 is 0 Å². The number of benzene rings is 1. The molecule has 0 aliphatic heterocycles. The Morgan fingerprint density at radius 3 is 2.39 bits per heavy atom. The van der Waals surface area contributed by atoms with Crippen molar-refractivity contribution in [2.24, 2.45) is 0 Å². The van der Waals surface area contributed by atoms with Gasteiger partial charge in [0.2, 0.25) is 10.0 Å². The van der Waals surface area contributed by atoms with Crippen LogP contribution in [0.3, 0.4) is 0 Å². The van der Waals surface area contributed by atoms with Crippen molar-refractivity contribution >= 4 is 27.3 Å². The number of rotatable bonds is 8. The Bertz CT molecular complexity index is 443. The molecule has 0 atom stereocenters. The van der Waals surface area contributed by atoms with Gasteiger partial charge in [0, 0.05) is 11.6 Å². The van der Waals surface area contributed by atoms with Gasteiger partial charge < -0.3 is 0 Å². The van der Waals surface area contributed by atoms with Crippen LogP contribution in [0.15, 0.2) is 24.3 Å². The maximum atomic E-state index is 11.6. The van der Waals surface area contributed by atoms with Crippen molar-refractivity contribution in [1.29, 1.82) is 0 Å². The first-order valence-corrected chi connectivity index (χ1v) is 8.41. The molecule has 18 heavy (non-hydrogen) atoms. The van der Waals surface area contributed by atoms with Crippen molar-refractivity contribution in [2.75, 3.05) is 16.4 Å². The van der Waals surface area contributed by atoms with E-state index in [-0.39, 0.29) is 5.75 Å². The second-order valence-electron chi connectivity index (χ2n) is 4.26. The minimum absolute atomic E-state index is 0.0636. The van der Waals surface area contributed by atoms with Crippen molar-refractivity contribution in [1.82, 2.24) is 0 Å². The average Bonchev–Trinajstić information content (AvgIpc) is 2.35. The van der Waals surface area contributed by atoms with E-state index < -0.39 is 10.0 Å². The fourth-order valence-electron chi connectivity index (χ4n) is 1.60. The number of aryl methyl sites for hydroxylation is 1. The summed E-state index contributed by atoms with van der Waals surface area (Å²) in [7, 11) is -3.26. The second kappa shape index (κ2) is 7.64. The number of halogens is 1. The first-order valence-electron chi connectivity index (χ1n) is 6.23. The summed E-state index contributed by atoms with van der Waals surface area (Å²) in [4.78, 5) is 0. The van der Waals surface area contributed by atoms with Crippen LogP contribution in [0, 0.1) is 0 Å². The molecule has 1 rings (SSSR count). The molecule has 1 aromatic rings. The van der Waals surface area contributed by atoms with Crippen molar-refractivity contribution in [3.63, 3.8) is 0 Å². The molecule has 0 aliphatic carbocycles. The van der Waals surface area contributed by atoms with Gasteiger partial charge in [-0.3, -0.25) is 4.72 Å². The first-order chi connectivity index (χ1) is 8.57. The van der Waals surface area contributed by atoms with E-state index in [4.69, 9.17) is 11.6 Å². The van der Waals surface area contributed by atoms with Crippen molar-refractivity contribution < 1.29 is 8.42 Å². The summed E-state index contributed by atoms with van der Waals surface area (Å²) in [6, 6.07) is 7.55. The SMILES string of the molecule is CCCCc1ccc(NS(=O)(=O)CCCCl)cc1. The summed E-state index contributed by atoms with van der Waals surface area (Å²) >= 11 is 5.49. The summed E-state index contributed by atoms with van der Waals surface area (Å²) in [6.07, 6.45) is 3.81. The third kappa shape index (κ3) is 5.74. The van der Waals surface area contributed by atoms with E-state index >= 15 is 0 Å². The molecule has 0 unspecified atom stereocenters. The lowest BCUT2D eigenvalue weighted by Crippen LogP contribution is -2.16. The Kier molecular flexibility index (Phi) is 6.50. The second-order valence-corrected chi connectivity index (χ2v) is 6.48. The predicted molar refractivity (Wildman–Crippen MR) is 77.8 cm³/mol. The van der Waals surface area contributed by atoms with E-state index in [0.717, 1.165) is 19.3 Å². The zero-order valence-electron chi connectivity index (χ0n) is 10.7. The van der Waals surface area contributed by atoms with Crippen LogP contribution in [-0.4, -0.2) is 20.1 Å². The molecule has 0 fully saturated rings. The molecule has 3 nitrogen and oxygen atoms in total.